The normalized spacial score (nSPS) is 32.5. The van der Waals surface area contributed by atoms with Crippen LogP contribution in [-0.4, -0.2) is 18.2 Å². The van der Waals surface area contributed by atoms with Crippen molar-refractivity contribution >= 4 is 5.97 Å². The van der Waals surface area contributed by atoms with Crippen molar-refractivity contribution in [3.8, 4) is 5.75 Å². The number of esters is 1. The molecule has 0 amide bonds. The number of ether oxygens (including phenoxy) is 2. The Balaban J connectivity index is 1.42. The molecule has 0 radical (unpaired) electrons. The molecule has 0 unspecified atom stereocenters. The van der Waals surface area contributed by atoms with E-state index in [9.17, 15) is 9.18 Å². The lowest BCUT2D eigenvalue weighted by Crippen LogP contribution is -2.48. The fraction of sp³-hybridized carbons (Fsp3) is 0.682. The summed E-state index contributed by atoms with van der Waals surface area (Å²) < 4.78 is 25.6. The van der Waals surface area contributed by atoms with Crippen molar-refractivity contribution in [2.75, 3.05) is 6.61 Å². The zero-order valence-electron chi connectivity index (χ0n) is 16.0. The molecule has 1 aromatic carbocycles. The first-order chi connectivity index (χ1) is 12.2. The van der Waals surface area contributed by atoms with Crippen molar-refractivity contribution in [2.24, 2.45) is 23.2 Å². The van der Waals surface area contributed by atoms with E-state index >= 15 is 0 Å². The highest BCUT2D eigenvalue weighted by atomic mass is 19.1. The Morgan fingerprint density at radius 3 is 2.19 bits per heavy atom. The molecule has 1 aromatic rings. The average molecular weight is 360 g/mol. The van der Waals surface area contributed by atoms with E-state index in [1.807, 2.05) is 0 Å². The van der Waals surface area contributed by atoms with Gasteiger partial charge in [-0.25, -0.2) is 9.18 Å². The molecule has 0 saturated heterocycles. The van der Waals surface area contributed by atoms with E-state index in [0.717, 1.165) is 17.8 Å². The molecule has 4 aliphatic rings. The minimum absolute atomic E-state index is 0.0397. The standard InChI is InChI=1S/C22H29FO3/c1-21(2,3)26-20(24)18-5-4-17(9-19(18)23)25-13-22-10-14-6-15(11-22)8-16(7-14)12-22/h4-5,9,14-16H,6-8,10-13H2,1-3H3. The molecule has 0 atom stereocenters. The second-order valence-electron chi connectivity index (χ2n) is 9.85. The third kappa shape index (κ3) is 3.60. The Labute approximate surface area is 155 Å². The summed E-state index contributed by atoms with van der Waals surface area (Å²) in [4.78, 5) is 12.1. The van der Waals surface area contributed by atoms with Gasteiger partial charge in [0, 0.05) is 11.5 Å². The second kappa shape index (κ2) is 6.24. The molecule has 142 valence electrons. The fourth-order valence-corrected chi connectivity index (χ4v) is 5.79. The highest BCUT2D eigenvalue weighted by Gasteiger charge is 2.51. The summed E-state index contributed by atoms with van der Waals surface area (Å²) >= 11 is 0. The maximum Gasteiger partial charge on any atom is 0.341 e. The van der Waals surface area contributed by atoms with Crippen molar-refractivity contribution in [3.05, 3.63) is 29.6 Å². The van der Waals surface area contributed by atoms with Gasteiger partial charge in [0.15, 0.2) is 0 Å². The highest BCUT2D eigenvalue weighted by Crippen LogP contribution is 2.60. The topological polar surface area (TPSA) is 35.5 Å². The number of benzene rings is 1. The van der Waals surface area contributed by atoms with Crippen LogP contribution in [0.1, 0.15) is 69.7 Å². The SMILES string of the molecule is CC(C)(C)OC(=O)c1ccc(OCC23CC4CC(CC(C4)C2)C3)cc1F. The maximum absolute atomic E-state index is 14.4. The van der Waals surface area contributed by atoms with E-state index in [1.165, 1.54) is 50.7 Å². The molecule has 3 nitrogen and oxygen atoms in total. The lowest BCUT2D eigenvalue weighted by Gasteiger charge is -2.56. The smallest absolute Gasteiger partial charge is 0.341 e. The largest absolute Gasteiger partial charge is 0.493 e. The number of hydrogen-bond acceptors (Lipinski definition) is 3. The third-order valence-corrected chi connectivity index (χ3v) is 6.27. The van der Waals surface area contributed by atoms with Gasteiger partial charge in [-0.15, -0.1) is 0 Å². The summed E-state index contributed by atoms with van der Waals surface area (Å²) in [5, 5.41) is 0. The third-order valence-electron chi connectivity index (χ3n) is 6.27. The molecule has 0 aliphatic heterocycles. The van der Waals surface area contributed by atoms with Gasteiger partial charge in [-0.1, -0.05) is 0 Å². The van der Waals surface area contributed by atoms with Crippen LogP contribution in [0.25, 0.3) is 0 Å². The molecule has 26 heavy (non-hydrogen) atoms. The van der Waals surface area contributed by atoms with Crippen molar-refractivity contribution in [1.82, 2.24) is 0 Å². The Morgan fingerprint density at radius 1 is 1.12 bits per heavy atom. The van der Waals surface area contributed by atoms with Gasteiger partial charge in [-0.2, -0.15) is 0 Å². The summed E-state index contributed by atoms with van der Waals surface area (Å²) in [6, 6.07) is 4.47. The van der Waals surface area contributed by atoms with E-state index in [1.54, 1.807) is 26.8 Å². The molecule has 5 rings (SSSR count). The first kappa shape index (κ1) is 17.8. The number of rotatable bonds is 4. The lowest BCUT2D eigenvalue weighted by molar-refractivity contribution is -0.0745. The number of carbonyl (C=O) groups excluding carboxylic acids is 1. The van der Waals surface area contributed by atoms with Gasteiger partial charge < -0.3 is 9.47 Å². The number of hydrogen-bond donors (Lipinski definition) is 0. The summed E-state index contributed by atoms with van der Waals surface area (Å²) in [6.45, 7) is 5.98. The predicted octanol–water partition coefficient (Wildman–Crippen LogP) is 5.38. The molecule has 4 bridgehead atoms. The van der Waals surface area contributed by atoms with Crippen molar-refractivity contribution < 1.29 is 18.7 Å². The van der Waals surface area contributed by atoms with E-state index < -0.39 is 17.4 Å². The van der Waals surface area contributed by atoms with E-state index in [-0.39, 0.29) is 11.0 Å². The summed E-state index contributed by atoms with van der Waals surface area (Å²) in [7, 11) is 0. The minimum Gasteiger partial charge on any atom is -0.493 e. The molecular formula is C22H29FO3. The van der Waals surface area contributed by atoms with Crippen LogP contribution in [0.5, 0.6) is 5.75 Å². The van der Waals surface area contributed by atoms with Crippen molar-refractivity contribution in [2.45, 2.75) is 64.9 Å². The fourth-order valence-electron chi connectivity index (χ4n) is 5.79. The van der Waals surface area contributed by atoms with Crippen LogP contribution in [0.4, 0.5) is 4.39 Å². The molecular weight excluding hydrogens is 331 g/mol. The van der Waals surface area contributed by atoms with Crippen molar-refractivity contribution in [1.29, 1.82) is 0 Å². The maximum atomic E-state index is 14.4. The monoisotopic (exact) mass is 360 g/mol. The second-order valence-corrected chi connectivity index (χ2v) is 9.85. The van der Waals surface area contributed by atoms with Crippen LogP contribution >= 0.6 is 0 Å². The highest BCUT2D eigenvalue weighted by molar-refractivity contribution is 5.90. The van der Waals surface area contributed by atoms with Crippen LogP contribution in [0.15, 0.2) is 18.2 Å². The molecule has 0 N–H and O–H groups in total. The number of halogens is 1. The van der Waals surface area contributed by atoms with Crippen LogP contribution in [0, 0.1) is 29.0 Å². The number of carbonyl (C=O) groups is 1. The Hall–Kier alpha value is -1.58. The van der Waals surface area contributed by atoms with E-state index in [4.69, 9.17) is 9.47 Å². The van der Waals surface area contributed by atoms with Crippen molar-refractivity contribution in [3.63, 3.8) is 0 Å². The zero-order chi connectivity index (χ0) is 18.5. The molecule has 0 heterocycles. The lowest BCUT2D eigenvalue weighted by atomic mass is 9.50. The molecule has 4 aliphatic carbocycles. The first-order valence-electron chi connectivity index (χ1n) is 9.87. The zero-order valence-corrected chi connectivity index (χ0v) is 16.0. The van der Waals surface area contributed by atoms with Gasteiger partial charge in [-0.05, 0) is 89.2 Å². The van der Waals surface area contributed by atoms with E-state index in [2.05, 4.69) is 0 Å². The van der Waals surface area contributed by atoms with Gasteiger partial charge in [0.1, 0.15) is 17.2 Å². The Bertz CT molecular complexity index is 669. The summed E-state index contributed by atoms with van der Waals surface area (Å²) in [6.07, 6.45) is 7.99. The van der Waals surface area contributed by atoms with E-state index in [0.29, 0.717) is 12.4 Å². The molecule has 4 fully saturated rings. The van der Waals surface area contributed by atoms with Crippen LogP contribution in [0.3, 0.4) is 0 Å². The summed E-state index contributed by atoms with van der Waals surface area (Å²) in [5.41, 5.74) is -0.395. The van der Waals surface area contributed by atoms with Gasteiger partial charge in [0.25, 0.3) is 0 Å². The van der Waals surface area contributed by atoms with Crippen LogP contribution in [0.2, 0.25) is 0 Å². The minimum atomic E-state index is -0.642. The molecule has 4 saturated carbocycles. The molecule has 0 spiro atoms. The van der Waals surface area contributed by atoms with Gasteiger partial charge in [-0.3, -0.25) is 0 Å². The van der Waals surface area contributed by atoms with Gasteiger partial charge in [0.2, 0.25) is 0 Å². The quantitative estimate of drug-likeness (QED) is 0.677. The first-order valence-corrected chi connectivity index (χ1v) is 9.87. The predicted molar refractivity (Wildman–Crippen MR) is 97.7 cm³/mol. The van der Waals surface area contributed by atoms with Gasteiger partial charge >= 0.3 is 5.97 Å². The molecule has 0 aromatic heterocycles. The van der Waals surface area contributed by atoms with Crippen LogP contribution in [-0.2, 0) is 4.74 Å². The summed E-state index contributed by atoms with van der Waals surface area (Å²) in [5.74, 6) is 1.90. The Kier molecular flexibility index (Phi) is 4.28. The molecule has 4 heteroatoms. The van der Waals surface area contributed by atoms with Gasteiger partial charge in [0.05, 0.1) is 12.2 Å². The average Bonchev–Trinajstić information content (AvgIpc) is 2.50. The Morgan fingerprint density at radius 2 is 1.69 bits per heavy atom. The van der Waals surface area contributed by atoms with Crippen LogP contribution < -0.4 is 4.74 Å².